The Morgan fingerprint density at radius 3 is 2.38 bits per heavy atom. The van der Waals surface area contributed by atoms with Gasteiger partial charge in [0.05, 0.1) is 5.02 Å². The Kier molecular flexibility index (Phi) is 4.27. The summed E-state index contributed by atoms with van der Waals surface area (Å²) in [6.07, 6.45) is 0. The van der Waals surface area contributed by atoms with Crippen molar-refractivity contribution in [2.75, 3.05) is 10.6 Å². The highest BCUT2D eigenvalue weighted by Gasteiger charge is 2.19. The number of benzene rings is 2. The summed E-state index contributed by atoms with van der Waals surface area (Å²) in [5.74, 6) is -0.344. The number of nitrogens with one attached hydrogen (secondary N) is 2. The maximum absolute atomic E-state index is 12.5. The molecule has 0 radical (unpaired) electrons. The lowest BCUT2D eigenvalue weighted by Crippen LogP contribution is -2.12. The fraction of sp³-hybridized carbons (Fsp3) is 0.111. The monoisotopic (exact) mass is 342 g/mol. The Hall–Kier alpha value is -2.79. The molecule has 0 aliphatic rings. The minimum absolute atomic E-state index is 0.179. The summed E-state index contributed by atoms with van der Waals surface area (Å²) >= 11 is 6.11. The fourth-order valence-corrected chi connectivity index (χ4v) is 2.70. The molecule has 0 fully saturated rings. The lowest BCUT2D eigenvalue weighted by Gasteiger charge is -2.07. The predicted octanol–water partition coefficient (Wildman–Crippen LogP) is 4.61. The molecular weight excluding hydrogens is 328 g/mol. The van der Waals surface area contributed by atoms with Crippen LogP contribution in [0.3, 0.4) is 0 Å². The zero-order valence-electron chi connectivity index (χ0n) is 13.1. The number of rotatable bonds is 3. The molecule has 1 heterocycles. The number of hydrogen-bond donors (Lipinski definition) is 2. The van der Waals surface area contributed by atoms with E-state index in [9.17, 15) is 9.59 Å². The second-order valence-corrected chi connectivity index (χ2v) is 5.80. The number of furan rings is 1. The van der Waals surface area contributed by atoms with Crippen LogP contribution in [0.5, 0.6) is 0 Å². The van der Waals surface area contributed by atoms with Crippen LogP contribution in [0.1, 0.15) is 23.0 Å². The summed E-state index contributed by atoms with van der Waals surface area (Å²) in [4.78, 5) is 23.6. The third kappa shape index (κ3) is 3.12. The van der Waals surface area contributed by atoms with Crippen LogP contribution < -0.4 is 10.6 Å². The molecule has 0 bridgehead atoms. The largest absolute Gasteiger partial charge is 0.449 e. The summed E-state index contributed by atoms with van der Waals surface area (Å²) in [5.41, 5.74) is 2.37. The van der Waals surface area contributed by atoms with E-state index in [0.29, 0.717) is 22.0 Å². The number of hydrogen-bond acceptors (Lipinski definition) is 3. The number of aryl methyl sites for hydroxylation is 1. The number of carbonyl (C=O) groups excluding carboxylic acids is 2. The lowest BCUT2D eigenvalue weighted by molar-refractivity contribution is -0.114. The number of amides is 2. The van der Waals surface area contributed by atoms with E-state index in [2.05, 4.69) is 10.6 Å². The minimum Gasteiger partial charge on any atom is -0.449 e. The smallest absolute Gasteiger partial charge is 0.291 e. The first-order valence-electron chi connectivity index (χ1n) is 7.32. The Bertz CT molecular complexity index is 947. The number of fused-ring (bicyclic) bond motifs is 1. The van der Waals surface area contributed by atoms with Gasteiger partial charge >= 0.3 is 0 Å². The van der Waals surface area contributed by atoms with Crippen LogP contribution in [-0.4, -0.2) is 11.8 Å². The first kappa shape index (κ1) is 16.1. The number of para-hydroxylation sites is 1. The number of halogens is 1. The van der Waals surface area contributed by atoms with Gasteiger partial charge in [0.2, 0.25) is 5.91 Å². The van der Waals surface area contributed by atoms with E-state index < -0.39 is 0 Å². The van der Waals surface area contributed by atoms with Gasteiger partial charge in [0.15, 0.2) is 11.3 Å². The third-order valence-electron chi connectivity index (χ3n) is 3.56. The van der Waals surface area contributed by atoms with E-state index in [1.54, 1.807) is 30.3 Å². The number of anilines is 2. The van der Waals surface area contributed by atoms with Crippen molar-refractivity contribution >= 4 is 45.8 Å². The molecule has 3 aromatic rings. The van der Waals surface area contributed by atoms with E-state index in [1.165, 1.54) is 6.92 Å². The maximum Gasteiger partial charge on any atom is 0.291 e. The van der Waals surface area contributed by atoms with Crippen molar-refractivity contribution < 1.29 is 14.0 Å². The van der Waals surface area contributed by atoms with Crippen LogP contribution >= 0.6 is 11.6 Å². The molecule has 122 valence electrons. The standard InChI is InChI=1S/C18H15ClN2O3/c1-10-14-7-4-8-15(19)17(14)24-16(10)18(23)21-13-6-3-5-12(9-13)20-11(2)22/h3-9H,1-2H3,(H,20,22)(H,21,23). The zero-order valence-corrected chi connectivity index (χ0v) is 13.9. The van der Waals surface area contributed by atoms with Gasteiger partial charge < -0.3 is 15.1 Å². The van der Waals surface area contributed by atoms with Gasteiger partial charge in [0.25, 0.3) is 5.91 Å². The molecule has 2 N–H and O–H groups in total. The fourth-order valence-electron chi connectivity index (χ4n) is 2.49. The van der Waals surface area contributed by atoms with Gasteiger partial charge in [-0.3, -0.25) is 9.59 Å². The molecule has 2 aromatic carbocycles. The van der Waals surface area contributed by atoms with E-state index in [0.717, 1.165) is 10.9 Å². The Labute approximate surface area is 143 Å². The molecule has 0 saturated heterocycles. The topological polar surface area (TPSA) is 71.3 Å². The molecule has 6 heteroatoms. The zero-order chi connectivity index (χ0) is 17.3. The summed E-state index contributed by atoms with van der Waals surface area (Å²) in [6.45, 7) is 3.23. The molecule has 0 aliphatic carbocycles. The van der Waals surface area contributed by atoms with Gasteiger partial charge in [-0.15, -0.1) is 0 Å². The minimum atomic E-state index is -0.375. The van der Waals surface area contributed by atoms with E-state index in [4.69, 9.17) is 16.0 Å². The van der Waals surface area contributed by atoms with Crippen molar-refractivity contribution in [2.24, 2.45) is 0 Å². The van der Waals surface area contributed by atoms with Gasteiger partial charge in [-0.1, -0.05) is 29.8 Å². The first-order valence-corrected chi connectivity index (χ1v) is 7.70. The molecule has 3 rings (SSSR count). The Morgan fingerprint density at radius 2 is 1.71 bits per heavy atom. The van der Waals surface area contributed by atoms with E-state index >= 15 is 0 Å². The molecule has 2 amide bonds. The highest BCUT2D eigenvalue weighted by Crippen LogP contribution is 2.31. The van der Waals surface area contributed by atoms with E-state index in [-0.39, 0.29) is 17.6 Å². The summed E-state index contributed by atoms with van der Waals surface area (Å²) in [5, 5.41) is 6.70. The summed E-state index contributed by atoms with van der Waals surface area (Å²) in [7, 11) is 0. The second kappa shape index (κ2) is 6.37. The van der Waals surface area contributed by atoms with Gasteiger partial charge in [-0.2, -0.15) is 0 Å². The summed E-state index contributed by atoms with van der Waals surface area (Å²) < 4.78 is 5.64. The quantitative estimate of drug-likeness (QED) is 0.730. The van der Waals surface area contributed by atoms with Gasteiger partial charge in [-0.25, -0.2) is 0 Å². The molecule has 0 unspecified atom stereocenters. The molecule has 0 saturated carbocycles. The van der Waals surface area contributed by atoms with Crippen LogP contribution in [0.15, 0.2) is 46.9 Å². The van der Waals surface area contributed by atoms with Gasteiger partial charge in [0.1, 0.15) is 0 Å². The van der Waals surface area contributed by atoms with Crippen molar-refractivity contribution in [3.05, 3.63) is 58.8 Å². The van der Waals surface area contributed by atoms with E-state index in [1.807, 2.05) is 19.1 Å². The average molecular weight is 343 g/mol. The van der Waals surface area contributed by atoms with Crippen LogP contribution in [0.25, 0.3) is 11.0 Å². The molecule has 0 atom stereocenters. The molecule has 1 aromatic heterocycles. The molecular formula is C18H15ClN2O3. The number of carbonyl (C=O) groups is 2. The van der Waals surface area contributed by atoms with Crippen molar-refractivity contribution in [1.82, 2.24) is 0 Å². The van der Waals surface area contributed by atoms with Crippen LogP contribution in [0, 0.1) is 6.92 Å². The van der Waals surface area contributed by atoms with Crippen molar-refractivity contribution in [3.63, 3.8) is 0 Å². The van der Waals surface area contributed by atoms with Crippen LogP contribution in [0.4, 0.5) is 11.4 Å². The molecule has 0 spiro atoms. The average Bonchev–Trinajstić information content (AvgIpc) is 2.86. The van der Waals surface area contributed by atoms with Crippen molar-refractivity contribution in [1.29, 1.82) is 0 Å². The van der Waals surface area contributed by atoms with Gasteiger partial charge in [0, 0.05) is 29.2 Å². The highest BCUT2D eigenvalue weighted by molar-refractivity contribution is 6.35. The van der Waals surface area contributed by atoms with Gasteiger partial charge in [-0.05, 0) is 31.2 Å². The SMILES string of the molecule is CC(=O)Nc1cccc(NC(=O)c2oc3c(Cl)cccc3c2C)c1. The maximum atomic E-state index is 12.5. The summed E-state index contributed by atoms with van der Waals surface area (Å²) in [6, 6.07) is 12.3. The molecule has 24 heavy (non-hydrogen) atoms. The lowest BCUT2D eigenvalue weighted by atomic mass is 10.1. The van der Waals surface area contributed by atoms with Crippen LogP contribution in [0.2, 0.25) is 5.02 Å². The second-order valence-electron chi connectivity index (χ2n) is 5.39. The predicted molar refractivity (Wildman–Crippen MR) is 94.7 cm³/mol. The Balaban J connectivity index is 1.89. The van der Waals surface area contributed by atoms with Crippen LogP contribution in [-0.2, 0) is 4.79 Å². The third-order valence-corrected chi connectivity index (χ3v) is 3.86. The normalized spacial score (nSPS) is 10.6. The molecule has 5 nitrogen and oxygen atoms in total. The molecule has 0 aliphatic heterocycles. The van der Waals surface area contributed by atoms with Crippen molar-refractivity contribution in [2.45, 2.75) is 13.8 Å². The first-order chi connectivity index (χ1) is 11.5. The van der Waals surface area contributed by atoms with Crippen molar-refractivity contribution in [3.8, 4) is 0 Å². The Morgan fingerprint density at radius 1 is 1.04 bits per heavy atom. The highest BCUT2D eigenvalue weighted by atomic mass is 35.5.